The van der Waals surface area contributed by atoms with Gasteiger partial charge in [-0.2, -0.15) is 0 Å². The van der Waals surface area contributed by atoms with Crippen molar-refractivity contribution < 1.29 is 14.4 Å². The molecule has 1 saturated heterocycles. The maximum Gasteiger partial charge on any atom is 0.326 e. The largest absolute Gasteiger partial charge is 0.326 e. The van der Waals surface area contributed by atoms with Crippen molar-refractivity contribution in [1.82, 2.24) is 10.2 Å². The lowest BCUT2D eigenvalue weighted by Gasteiger charge is -2.29. The molecule has 1 heterocycles. The predicted octanol–water partition coefficient (Wildman–Crippen LogP) is 4.06. The van der Waals surface area contributed by atoms with E-state index in [9.17, 15) is 14.4 Å². The van der Waals surface area contributed by atoms with Gasteiger partial charge in [0, 0.05) is 5.56 Å². The van der Waals surface area contributed by atoms with Gasteiger partial charge in [-0.3, -0.25) is 14.5 Å². The van der Waals surface area contributed by atoms with Gasteiger partial charge in [-0.15, -0.1) is 0 Å². The highest BCUT2D eigenvalue weighted by molar-refractivity contribution is 6.14. The van der Waals surface area contributed by atoms with Gasteiger partial charge >= 0.3 is 6.03 Å². The van der Waals surface area contributed by atoms with Gasteiger partial charge in [0.1, 0.15) is 6.04 Å². The van der Waals surface area contributed by atoms with Crippen LogP contribution in [0, 0.1) is 6.92 Å². The number of amides is 3. The van der Waals surface area contributed by atoms with Gasteiger partial charge in [0.25, 0.3) is 5.91 Å². The summed E-state index contributed by atoms with van der Waals surface area (Å²) in [6.45, 7) is 3.52. The van der Waals surface area contributed by atoms with Crippen LogP contribution in [0.15, 0.2) is 84.9 Å². The Morgan fingerprint density at radius 1 is 0.833 bits per heavy atom. The molecule has 30 heavy (non-hydrogen) atoms. The Morgan fingerprint density at radius 3 is 1.83 bits per heavy atom. The third-order valence-corrected chi connectivity index (χ3v) is 5.57. The van der Waals surface area contributed by atoms with Gasteiger partial charge in [-0.05, 0) is 25.0 Å². The summed E-state index contributed by atoms with van der Waals surface area (Å²) in [5.74, 6) is -0.742. The number of ketones is 1. The van der Waals surface area contributed by atoms with Gasteiger partial charge in [0.2, 0.25) is 0 Å². The van der Waals surface area contributed by atoms with E-state index < -0.39 is 23.5 Å². The monoisotopic (exact) mass is 398 g/mol. The maximum atomic E-state index is 13.8. The topological polar surface area (TPSA) is 66.5 Å². The van der Waals surface area contributed by atoms with Crippen molar-refractivity contribution in [2.24, 2.45) is 0 Å². The molecule has 3 aromatic rings. The normalized spacial score (nSPS) is 16.3. The maximum absolute atomic E-state index is 13.8. The Labute approximate surface area is 175 Å². The second-order valence-electron chi connectivity index (χ2n) is 7.49. The highest BCUT2D eigenvalue weighted by atomic mass is 16.2. The molecule has 0 aliphatic carbocycles. The lowest BCUT2D eigenvalue weighted by Crippen LogP contribution is -2.47. The molecule has 1 aliphatic rings. The number of rotatable bonds is 5. The van der Waals surface area contributed by atoms with Gasteiger partial charge in [0.05, 0.1) is 0 Å². The van der Waals surface area contributed by atoms with Crippen LogP contribution in [0.2, 0.25) is 0 Å². The number of urea groups is 1. The van der Waals surface area contributed by atoms with Crippen LogP contribution in [0.5, 0.6) is 0 Å². The number of aryl methyl sites for hydroxylation is 1. The van der Waals surface area contributed by atoms with E-state index in [-0.39, 0.29) is 5.78 Å². The van der Waals surface area contributed by atoms with Gasteiger partial charge in [-0.25, -0.2) is 4.79 Å². The number of nitrogens with zero attached hydrogens (tertiary/aromatic N) is 1. The molecule has 0 spiro atoms. The number of carbonyl (C=O) groups excluding carboxylic acids is 3. The van der Waals surface area contributed by atoms with E-state index in [2.05, 4.69) is 5.32 Å². The lowest BCUT2D eigenvalue weighted by atomic mass is 9.82. The van der Waals surface area contributed by atoms with Crippen LogP contribution in [0.4, 0.5) is 4.79 Å². The van der Waals surface area contributed by atoms with Crippen LogP contribution in [0.25, 0.3) is 0 Å². The van der Waals surface area contributed by atoms with Crippen molar-refractivity contribution in [1.29, 1.82) is 0 Å². The van der Waals surface area contributed by atoms with Crippen LogP contribution in [-0.4, -0.2) is 28.7 Å². The molecule has 1 N–H and O–H groups in total. The van der Waals surface area contributed by atoms with Gasteiger partial charge < -0.3 is 5.32 Å². The lowest BCUT2D eigenvalue weighted by molar-refractivity contribution is -0.131. The van der Waals surface area contributed by atoms with Gasteiger partial charge in [-0.1, -0.05) is 90.5 Å². The first-order valence-electron chi connectivity index (χ1n) is 9.83. The molecule has 1 aliphatic heterocycles. The van der Waals surface area contributed by atoms with Gasteiger partial charge in [0.15, 0.2) is 11.3 Å². The van der Waals surface area contributed by atoms with Crippen molar-refractivity contribution in [3.8, 4) is 0 Å². The van der Waals surface area contributed by atoms with E-state index in [0.29, 0.717) is 16.7 Å². The molecule has 4 rings (SSSR count). The van der Waals surface area contributed by atoms with Crippen molar-refractivity contribution in [2.45, 2.75) is 25.4 Å². The van der Waals surface area contributed by atoms with E-state index in [1.165, 1.54) is 0 Å². The van der Waals surface area contributed by atoms with Crippen LogP contribution in [0.1, 0.15) is 34.0 Å². The summed E-state index contributed by atoms with van der Waals surface area (Å²) in [5.41, 5.74) is 1.41. The smallest absolute Gasteiger partial charge is 0.315 e. The average molecular weight is 398 g/mol. The molecule has 0 aromatic heterocycles. The molecule has 3 aromatic carbocycles. The Balaban J connectivity index is 1.77. The number of imide groups is 1. The molecule has 0 bridgehead atoms. The number of nitrogens with one attached hydrogen (secondary N) is 1. The Morgan fingerprint density at radius 2 is 1.33 bits per heavy atom. The summed E-state index contributed by atoms with van der Waals surface area (Å²) >= 11 is 0. The number of benzene rings is 3. The van der Waals surface area contributed by atoms with Crippen LogP contribution in [0.3, 0.4) is 0 Å². The minimum absolute atomic E-state index is 0.282. The molecule has 1 atom stereocenters. The average Bonchev–Trinajstić information content (AvgIpc) is 3.05. The zero-order chi connectivity index (χ0) is 21.3. The van der Waals surface area contributed by atoms with E-state index >= 15 is 0 Å². The van der Waals surface area contributed by atoms with Crippen molar-refractivity contribution >= 4 is 17.7 Å². The third kappa shape index (κ3) is 3.08. The first kappa shape index (κ1) is 19.6. The predicted molar refractivity (Wildman–Crippen MR) is 114 cm³/mol. The summed E-state index contributed by atoms with van der Waals surface area (Å²) in [6, 6.07) is 23.8. The zero-order valence-electron chi connectivity index (χ0n) is 16.8. The summed E-state index contributed by atoms with van der Waals surface area (Å²) in [6.07, 6.45) is 0. The van der Waals surface area contributed by atoms with E-state index in [4.69, 9.17) is 0 Å². The van der Waals surface area contributed by atoms with Crippen molar-refractivity contribution in [3.05, 3.63) is 107 Å². The minimum Gasteiger partial charge on any atom is -0.315 e. The zero-order valence-corrected chi connectivity index (χ0v) is 16.8. The third-order valence-electron chi connectivity index (χ3n) is 5.57. The molecule has 0 radical (unpaired) electrons. The first-order valence-corrected chi connectivity index (χ1v) is 9.83. The molecule has 5 heteroatoms. The first-order chi connectivity index (χ1) is 14.4. The standard InChI is InChI=1S/C25H22N2O3/c1-17-13-15-19(16-14-17)22(28)18(2)27-23(29)25(26-24(27)30,20-9-5-3-6-10-20)21-11-7-4-8-12-21/h3-16,18H,1-2H3,(H,26,30)/t18-/m1/s1. The Kier molecular flexibility index (Phi) is 4.96. The molecule has 0 saturated carbocycles. The molecular formula is C25H22N2O3. The number of hydrogen-bond donors (Lipinski definition) is 1. The second kappa shape index (κ2) is 7.59. The highest BCUT2D eigenvalue weighted by Crippen LogP contribution is 2.37. The van der Waals surface area contributed by atoms with Crippen molar-refractivity contribution in [3.63, 3.8) is 0 Å². The minimum atomic E-state index is -1.37. The Bertz CT molecular complexity index is 1050. The van der Waals surface area contributed by atoms with E-state index in [0.717, 1.165) is 10.5 Å². The summed E-state index contributed by atoms with van der Waals surface area (Å²) in [7, 11) is 0. The summed E-state index contributed by atoms with van der Waals surface area (Å²) in [5, 5.41) is 2.88. The fourth-order valence-electron chi connectivity index (χ4n) is 3.91. The molecule has 150 valence electrons. The quantitative estimate of drug-likeness (QED) is 0.521. The second-order valence-corrected chi connectivity index (χ2v) is 7.49. The molecule has 1 fully saturated rings. The molecular weight excluding hydrogens is 376 g/mol. The SMILES string of the molecule is Cc1ccc(C(=O)[C@@H](C)N2C(=O)NC(c3ccccc3)(c3ccccc3)C2=O)cc1. The molecule has 3 amide bonds. The van der Waals surface area contributed by atoms with Crippen LogP contribution < -0.4 is 5.32 Å². The van der Waals surface area contributed by atoms with E-state index in [1.54, 1.807) is 43.3 Å². The fraction of sp³-hybridized carbons (Fsp3) is 0.160. The highest BCUT2D eigenvalue weighted by Gasteiger charge is 2.55. The van der Waals surface area contributed by atoms with Crippen LogP contribution in [-0.2, 0) is 10.3 Å². The number of hydrogen-bond acceptors (Lipinski definition) is 3. The van der Waals surface area contributed by atoms with E-state index in [1.807, 2.05) is 55.5 Å². The Hall–Kier alpha value is -3.73. The molecule has 0 unspecified atom stereocenters. The van der Waals surface area contributed by atoms with Crippen molar-refractivity contribution in [2.75, 3.05) is 0 Å². The fourth-order valence-corrected chi connectivity index (χ4v) is 3.91. The molecule has 5 nitrogen and oxygen atoms in total. The number of Topliss-reactive ketones (excluding diaryl/α,β-unsaturated/α-hetero) is 1. The van der Waals surface area contributed by atoms with Crippen LogP contribution >= 0.6 is 0 Å². The summed E-state index contributed by atoms with van der Waals surface area (Å²) < 4.78 is 0. The number of carbonyl (C=O) groups is 3. The summed E-state index contributed by atoms with van der Waals surface area (Å²) in [4.78, 5) is 40.9.